The smallest absolute Gasteiger partial charge is 0.252 e. The van der Waals surface area contributed by atoms with E-state index >= 15 is 0 Å². The third kappa shape index (κ3) is 5.02. The van der Waals surface area contributed by atoms with Crippen molar-refractivity contribution in [2.45, 2.75) is 25.4 Å². The molecule has 4 aromatic heterocycles. The van der Waals surface area contributed by atoms with Crippen molar-refractivity contribution in [2.24, 2.45) is 0 Å². The first kappa shape index (κ1) is 25.5. The van der Waals surface area contributed by atoms with Crippen LogP contribution < -0.4 is 0 Å². The Labute approximate surface area is 220 Å². The predicted octanol–water partition coefficient (Wildman–Crippen LogP) is 7.53. The Balaban J connectivity index is 1.64. The fourth-order valence-electron chi connectivity index (χ4n) is 4.01. The van der Waals surface area contributed by atoms with Gasteiger partial charge in [-0.1, -0.05) is 48.0 Å². The molecular formula is C28H20ClF4N5. The van der Waals surface area contributed by atoms with Crippen LogP contribution in [0.25, 0.3) is 28.2 Å². The van der Waals surface area contributed by atoms with Gasteiger partial charge in [0.1, 0.15) is 5.15 Å². The van der Waals surface area contributed by atoms with Crippen molar-refractivity contribution in [2.75, 3.05) is 0 Å². The number of halogens is 5. The van der Waals surface area contributed by atoms with Crippen LogP contribution in [-0.4, -0.2) is 24.7 Å². The molecule has 0 amide bonds. The lowest BCUT2D eigenvalue weighted by Crippen LogP contribution is -2.23. The molecule has 192 valence electrons. The van der Waals surface area contributed by atoms with E-state index in [1.807, 2.05) is 50.2 Å². The molecule has 0 spiro atoms. The van der Waals surface area contributed by atoms with Gasteiger partial charge < -0.3 is 0 Å². The highest BCUT2D eigenvalue weighted by Crippen LogP contribution is 2.35. The molecule has 0 aliphatic carbocycles. The van der Waals surface area contributed by atoms with Gasteiger partial charge >= 0.3 is 6.18 Å². The van der Waals surface area contributed by atoms with Crippen molar-refractivity contribution in [1.29, 1.82) is 0 Å². The van der Waals surface area contributed by atoms with Crippen molar-refractivity contribution in [3.63, 3.8) is 0 Å². The summed E-state index contributed by atoms with van der Waals surface area (Å²) in [5.41, 5.74) is 1.55. The molecule has 5 aromatic rings. The molecule has 0 bridgehead atoms. The van der Waals surface area contributed by atoms with Crippen LogP contribution in [-0.2, 0) is 11.6 Å². The first-order chi connectivity index (χ1) is 18.0. The van der Waals surface area contributed by atoms with E-state index < -0.39 is 23.1 Å². The van der Waals surface area contributed by atoms with Crippen molar-refractivity contribution >= 4 is 11.6 Å². The van der Waals surface area contributed by atoms with Crippen molar-refractivity contribution in [3.05, 3.63) is 113 Å². The molecule has 0 unspecified atom stereocenters. The van der Waals surface area contributed by atoms with Crippen LogP contribution in [0.5, 0.6) is 0 Å². The minimum Gasteiger partial charge on any atom is -0.252 e. The highest BCUT2D eigenvalue weighted by atomic mass is 35.5. The Morgan fingerprint density at radius 3 is 2.24 bits per heavy atom. The van der Waals surface area contributed by atoms with Crippen molar-refractivity contribution in [3.8, 4) is 28.2 Å². The van der Waals surface area contributed by atoms with Gasteiger partial charge in [0, 0.05) is 11.6 Å². The van der Waals surface area contributed by atoms with E-state index in [4.69, 9.17) is 16.6 Å². The van der Waals surface area contributed by atoms with Gasteiger partial charge in [-0.25, -0.2) is 14.6 Å². The minimum atomic E-state index is -4.53. The fraction of sp³-hybridized carbons (Fsp3) is 0.143. The molecule has 0 N–H and O–H groups in total. The van der Waals surface area contributed by atoms with E-state index in [-0.39, 0.29) is 16.5 Å². The summed E-state index contributed by atoms with van der Waals surface area (Å²) in [6, 6.07) is 21.1. The molecule has 1 aromatic carbocycles. The summed E-state index contributed by atoms with van der Waals surface area (Å²) in [6.07, 6.45) is -2.86. The summed E-state index contributed by atoms with van der Waals surface area (Å²) < 4.78 is 55.4. The molecule has 4 heterocycles. The number of pyridine rings is 3. The Bertz CT molecular complexity index is 1610. The summed E-state index contributed by atoms with van der Waals surface area (Å²) in [4.78, 5) is 13.0. The molecular weight excluding hydrogens is 518 g/mol. The summed E-state index contributed by atoms with van der Waals surface area (Å²) in [5.74, 6) is -0.528. The maximum atomic E-state index is 14.5. The van der Waals surface area contributed by atoms with Crippen molar-refractivity contribution < 1.29 is 17.6 Å². The monoisotopic (exact) mass is 537 g/mol. The molecule has 0 aliphatic rings. The third-order valence-electron chi connectivity index (χ3n) is 6.18. The second kappa shape index (κ2) is 9.64. The first-order valence-electron chi connectivity index (χ1n) is 11.5. The number of rotatable bonds is 5. The van der Waals surface area contributed by atoms with Crippen LogP contribution in [0.3, 0.4) is 0 Å². The van der Waals surface area contributed by atoms with Crippen LogP contribution in [0, 0.1) is 5.95 Å². The van der Waals surface area contributed by atoms with Crippen LogP contribution in [0.2, 0.25) is 5.15 Å². The van der Waals surface area contributed by atoms with E-state index in [1.165, 1.54) is 12.1 Å². The largest absolute Gasteiger partial charge is 0.419 e. The molecule has 0 radical (unpaired) electrons. The van der Waals surface area contributed by atoms with E-state index in [0.717, 1.165) is 28.2 Å². The first-order valence-corrected chi connectivity index (χ1v) is 11.9. The molecule has 10 heteroatoms. The number of aromatic nitrogens is 5. The molecule has 5 nitrogen and oxygen atoms in total. The minimum absolute atomic E-state index is 0.0319. The second-order valence-electron chi connectivity index (χ2n) is 9.14. The fourth-order valence-corrected chi connectivity index (χ4v) is 4.15. The Morgan fingerprint density at radius 2 is 1.55 bits per heavy atom. The highest BCUT2D eigenvalue weighted by molar-refractivity contribution is 6.29. The number of nitrogens with zero attached hydrogens (tertiary/aromatic N) is 5. The Hall–Kier alpha value is -4.11. The quantitative estimate of drug-likeness (QED) is 0.172. The number of benzene rings is 1. The van der Waals surface area contributed by atoms with Gasteiger partial charge in [-0.15, -0.1) is 0 Å². The number of alkyl halides is 3. The molecule has 0 aliphatic heterocycles. The van der Waals surface area contributed by atoms with E-state index in [2.05, 4.69) is 15.1 Å². The summed E-state index contributed by atoms with van der Waals surface area (Å²) in [6.45, 7) is 3.78. The van der Waals surface area contributed by atoms with Crippen LogP contribution in [0.1, 0.15) is 30.8 Å². The zero-order valence-electron chi connectivity index (χ0n) is 20.2. The van der Waals surface area contributed by atoms with Gasteiger partial charge in [-0.05, 0) is 61.4 Å². The molecule has 0 saturated heterocycles. The van der Waals surface area contributed by atoms with Crippen LogP contribution in [0.15, 0.2) is 85.2 Å². The number of hydrogen-bond donors (Lipinski definition) is 0. The molecule has 0 atom stereocenters. The normalized spacial score (nSPS) is 12.1. The summed E-state index contributed by atoms with van der Waals surface area (Å²) >= 11 is 5.80. The lowest BCUT2D eigenvalue weighted by atomic mass is 9.83. The van der Waals surface area contributed by atoms with E-state index in [0.29, 0.717) is 17.1 Å². The Morgan fingerprint density at radius 1 is 0.789 bits per heavy atom. The average Bonchev–Trinajstić information content (AvgIpc) is 3.40. The topological polar surface area (TPSA) is 56.5 Å². The number of hydrogen-bond acceptors (Lipinski definition) is 4. The lowest BCUT2D eigenvalue weighted by molar-refractivity contribution is -0.137. The van der Waals surface area contributed by atoms with Crippen LogP contribution in [0.4, 0.5) is 17.6 Å². The Kier molecular flexibility index (Phi) is 6.48. The van der Waals surface area contributed by atoms with Gasteiger partial charge in [-0.2, -0.15) is 22.7 Å². The van der Waals surface area contributed by atoms with Gasteiger partial charge in [0.25, 0.3) is 0 Å². The SMILES string of the molecule is CC(C)(c1cccc(-c2ccc(Cl)nc2F)n1)c1cc(-c2ccccc2)cc(-n2cc(C(F)(F)F)cn2)n1. The van der Waals surface area contributed by atoms with Crippen LogP contribution >= 0.6 is 11.6 Å². The predicted molar refractivity (Wildman–Crippen MR) is 136 cm³/mol. The standard InChI is InChI=1S/C28H20ClF4N5/c1-27(2,22-10-6-9-21(35-22)20-11-12-24(29)37-26(20)30)23-13-18(17-7-4-3-5-8-17)14-25(36-23)38-16-19(15-34-38)28(31,32)33/h3-16H,1-2H3. The average molecular weight is 538 g/mol. The zero-order chi connectivity index (χ0) is 27.1. The van der Waals surface area contributed by atoms with E-state index in [9.17, 15) is 17.6 Å². The van der Waals surface area contributed by atoms with E-state index in [1.54, 1.807) is 24.3 Å². The van der Waals surface area contributed by atoms with Gasteiger partial charge in [0.15, 0.2) is 5.82 Å². The zero-order valence-corrected chi connectivity index (χ0v) is 21.0. The molecule has 38 heavy (non-hydrogen) atoms. The highest BCUT2D eigenvalue weighted by Gasteiger charge is 2.33. The third-order valence-corrected chi connectivity index (χ3v) is 6.39. The maximum absolute atomic E-state index is 14.5. The molecule has 5 rings (SSSR count). The van der Waals surface area contributed by atoms with Gasteiger partial charge in [0.2, 0.25) is 5.95 Å². The summed E-state index contributed by atoms with van der Waals surface area (Å²) in [5, 5.41) is 3.95. The van der Waals surface area contributed by atoms with Gasteiger partial charge in [0.05, 0.1) is 34.4 Å². The second-order valence-corrected chi connectivity index (χ2v) is 9.53. The molecule has 0 saturated carbocycles. The maximum Gasteiger partial charge on any atom is 0.419 e. The lowest BCUT2D eigenvalue weighted by Gasteiger charge is -2.25. The summed E-state index contributed by atoms with van der Waals surface area (Å²) in [7, 11) is 0. The molecule has 0 fully saturated rings. The van der Waals surface area contributed by atoms with Crippen molar-refractivity contribution in [1.82, 2.24) is 24.7 Å². The van der Waals surface area contributed by atoms with Gasteiger partial charge in [-0.3, -0.25) is 4.98 Å².